The number of likely N-dealkylation sites (tertiary alicyclic amines) is 1. The minimum absolute atomic E-state index is 0.00475. The van der Waals surface area contributed by atoms with Gasteiger partial charge in [-0.15, -0.1) is 0 Å². The second kappa shape index (κ2) is 6.02. The molecule has 1 amide bonds. The van der Waals surface area contributed by atoms with Crippen molar-refractivity contribution in [1.82, 2.24) is 9.88 Å². The van der Waals surface area contributed by atoms with Gasteiger partial charge in [-0.2, -0.15) is 0 Å². The molecule has 0 unspecified atom stereocenters. The van der Waals surface area contributed by atoms with Gasteiger partial charge in [0.1, 0.15) is 0 Å². The first-order valence-electron chi connectivity index (χ1n) is 6.14. The van der Waals surface area contributed by atoms with Gasteiger partial charge in [0.25, 0.3) is 5.91 Å². The van der Waals surface area contributed by atoms with E-state index < -0.39 is 0 Å². The molecule has 0 spiro atoms. The zero-order valence-corrected chi connectivity index (χ0v) is 10.9. The van der Waals surface area contributed by atoms with Crippen LogP contribution in [0.3, 0.4) is 0 Å². The van der Waals surface area contributed by atoms with Crippen LogP contribution in [0.5, 0.6) is 0 Å². The van der Waals surface area contributed by atoms with Gasteiger partial charge in [-0.1, -0.05) is 24.4 Å². The molecule has 5 nitrogen and oxygen atoms in total. The van der Waals surface area contributed by atoms with Crippen molar-refractivity contribution in [2.45, 2.75) is 25.7 Å². The van der Waals surface area contributed by atoms with E-state index in [1.165, 1.54) is 19.0 Å². The average molecular weight is 269 g/mol. The number of rotatable bonds is 2. The first-order chi connectivity index (χ1) is 8.72. The summed E-state index contributed by atoms with van der Waals surface area (Å²) in [5, 5.41) is 0.359. The highest BCUT2D eigenvalue weighted by molar-refractivity contribution is 6.33. The Morgan fingerprint density at radius 1 is 1.33 bits per heavy atom. The SMILES string of the molecule is NNc1ncc(C(=O)N2CCCCCC2)cc1Cl. The van der Waals surface area contributed by atoms with E-state index in [1.807, 2.05) is 4.90 Å². The molecule has 1 saturated heterocycles. The quantitative estimate of drug-likeness (QED) is 0.636. The molecule has 98 valence electrons. The Labute approximate surface area is 111 Å². The molecule has 0 radical (unpaired) electrons. The molecule has 2 rings (SSSR count). The number of hydrazine groups is 1. The van der Waals surface area contributed by atoms with Gasteiger partial charge in [0, 0.05) is 19.3 Å². The minimum Gasteiger partial charge on any atom is -0.339 e. The Bertz CT molecular complexity index is 430. The van der Waals surface area contributed by atoms with Crippen LogP contribution in [0, 0.1) is 0 Å². The Morgan fingerprint density at radius 2 is 2.00 bits per heavy atom. The molecule has 1 fully saturated rings. The maximum absolute atomic E-state index is 12.3. The molecule has 1 aromatic rings. The third-order valence-corrected chi connectivity index (χ3v) is 3.41. The van der Waals surface area contributed by atoms with Crippen LogP contribution < -0.4 is 11.3 Å². The number of carbonyl (C=O) groups excluding carboxylic acids is 1. The highest BCUT2D eigenvalue weighted by Crippen LogP contribution is 2.20. The highest BCUT2D eigenvalue weighted by atomic mass is 35.5. The maximum atomic E-state index is 12.3. The van der Waals surface area contributed by atoms with Gasteiger partial charge in [0.15, 0.2) is 5.82 Å². The lowest BCUT2D eigenvalue weighted by Crippen LogP contribution is -2.32. The number of hydrogen-bond acceptors (Lipinski definition) is 4. The van der Waals surface area contributed by atoms with Crippen molar-refractivity contribution in [3.63, 3.8) is 0 Å². The van der Waals surface area contributed by atoms with Gasteiger partial charge in [0.2, 0.25) is 0 Å². The van der Waals surface area contributed by atoms with Crippen molar-refractivity contribution in [1.29, 1.82) is 0 Å². The zero-order chi connectivity index (χ0) is 13.0. The minimum atomic E-state index is -0.00475. The van der Waals surface area contributed by atoms with Crippen molar-refractivity contribution in [3.05, 3.63) is 22.8 Å². The van der Waals surface area contributed by atoms with E-state index in [1.54, 1.807) is 6.07 Å². The molecule has 3 N–H and O–H groups in total. The summed E-state index contributed by atoms with van der Waals surface area (Å²) in [4.78, 5) is 18.2. The smallest absolute Gasteiger partial charge is 0.255 e. The molecule has 0 bridgehead atoms. The van der Waals surface area contributed by atoms with Gasteiger partial charge in [-0.25, -0.2) is 10.8 Å². The summed E-state index contributed by atoms with van der Waals surface area (Å²) in [6.45, 7) is 1.63. The molecule has 2 heterocycles. The normalized spacial score (nSPS) is 16.2. The molecule has 0 aliphatic carbocycles. The van der Waals surface area contributed by atoms with Crippen molar-refractivity contribution < 1.29 is 4.79 Å². The fourth-order valence-electron chi connectivity index (χ4n) is 2.12. The van der Waals surface area contributed by atoms with Crippen LogP contribution in [0.25, 0.3) is 0 Å². The van der Waals surface area contributed by atoms with E-state index in [0.717, 1.165) is 25.9 Å². The number of nitrogens with two attached hydrogens (primary N) is 1. The van der Waals surface area contributed by atoms with Crippen LogP contribution in [-0.4, -0.2) is 28.9 Å². The van der Waals surface area contributed by atoms with E-state index in [4.69, 9.17) is 17.4 Å². The lowest BCUT2D eigenvalue weighted by molar-refractivity contribution is 0.0761. The number of halogens is 1. The summed E-state index contributed by atoms with van der Waals surface area (Å²) in [6.07, 6.45) is 6.02. The third kappa shape index (κ3) is 2.91. The van der Waals surface area contributed by atoms with Crippen LogP contribution in [0.1, 0.15) is 36.0 Å². The standard InChI is InChI=1S/C12H17ClN4O/c13-10-7-9(8-15-11(10)16-14)12(18)17-5-3-1-2-4-6-17/h7-8H,1-6,14H2,(H,15,16). The highest BCUT2D eigenvalue weighted by Gasteiger charge is 2.18. The number of hydrogen-bond donors (Lipinski definition) is 2. The van der Waals surface area contributed by atoms with Crippen molar-refractivity contribution in [3.8, 4) is 0 Å². The number of nitrogen functional groups attached to an aromatic ring is 1. The van der Waals surface area contributed by atoms with Crippen LogP contribution >= 0.6 is 11.6 Å². The molecule has 0 atom stereocenters. The fourth-order valence-corrected chi connectivity index (χ4v) is 2.34. The molecule has 0 aromatic carbocycles. The Balaban J connectivity index is 2.14. The number of nitrogens with one attached hydrogen (secondary N) is 1. The number of carbonyl (C=O) groups is 1. The predicted octanol–water partition coefficient (Wildman–Crippen LogP) is 2.04. The zero-order valence-electron chi connectivity index (χ0n) is 10.2. The van der Waals surface area contributed by atoms with Gasteiger partial charge < -0.3 is 10.3 Å². The third-order valence-electron chi connectivity index (χ3n) is 3.12. The van der Waals surface area contributed by atoms with Gasteiger partial charge in [0.05, 0.1) is 10.6 Å². The van der Waals surface area contributed by atoms with Crippen LogP contribution in [0.2, 0.25) is 5.02 Å². The van der Waals surface area contributed by atoms with Crippen LogP contribution in [0.4, 0.5) is 5.82 Å². The van der Waals surface area contributed by atoms with E-state index in [-0.39, 0.29) is 5.91 Å². The summed E-state index contributed by atoms with van der Waals surface area (Å²) in [5.41, 5.74) is 2.90. The fraction of sp³-hybridized carbons (Fsp3) is 0.500. The van der Waals surface area contributed by atoms with Crippen molar-refractivity contribution >= 4 is 23.3 Å². The van der Waals surface area contributed by atoms with Gasteiger partial charge in [-0.05, 0) is 18.9 Å². The number of pyridine rings is 1. The van der Waals surface area contributed by atoms with Crippen molar-refractivity contribution in [2.75, 3.05) is 18.5 Å². The van der Waals surface area contributed by atoms with E-state index in [9.17, 15) is 4.79 Å². The molecule has 6 heteroatoms. The van der Waals surface area contributed by atoms with Gasteiger partial charge >= 0.3 is 0 Å². The lowest BCUT2D eigenvalue weighted by Gasteiger charge is -2.20. The second-order valence-corrected chi connectivity index (χ2v) is 4.81. The number of nitrogens with zero attached hydrogens (tertiary/aromatic N) is 2. The number of anilines is 1. The van der Waals surface area contributed by atoms with E-state index in [2.05, 4.69) is 10.4 Å². The summed E-state index contributed by atoms with van der Waals surface area (Å²) in [5.74, 6) is 5.62. The van der Waals surface area contributed by atoms with Crippen molar-refractivity contribution in [2.24, 2.45) is 5.84 Å². The van der Waals surface area contributed by atoms with Gasteiger partial charge in [-0.3, -0.25) is 4.79 Å². The molecule has 18 heavy (non-hydrogen) atoms. The van der Waals surface area contributed by atoms with Crippen LogP contribution in [-0.2, 0) is 0 Å². The molecule has 1 aliphatic heterocycles. The molecule has 0 saturated carbocycles. The van der Waals surface area contributed by atoms with E-state index in [0.29, 0.717) is 16.4 Å². The molecule has 1 aliphatic rings. The molecular formula is C12H17ClN4O. The largest absolute Gasteiger partial charge is 0.339 e. The Hall–Kier alpha value is -1.33. The Kier molecular flexibility index (Phi) is 4.38. The summed E-state index contributed by atoms with van der Waals surface area (Å²) < 4.78 is 0. The summed E-state index contributed by atoms with van der Waals surface area (Å²) in [6, 6.07) is 1.61. The van der Waals surface area contributed by atoms with Crippen LogP contribution in [0.15, 0.2) is 12.3 Å². The maximum Gasteiger partial charge on any atom is 0.255 e. The number of amides is 1. The topological polar surface area (TPSA) is 71.2 Å². The predicted molar refractivity (Wildman–Crippen MR) is 71.4 cm³/mol. The first kappa shape index (κ1) is 13.1. The second-order valence-electron chi connectivity index (χ2n) is 4.41. The summed E-state index contributed by atoms with van der Waals surface area (Å²) in [7, 11) is 0. The Morgan fingerprint density at radius 3 is 2.56 bits per heavy atom. The summed E-state index contributed by atoms with van der Waals surface area (Å²) >= 11 is 5.97. The lowest BCUT2D eigenvalue weighted by atomic mass is 10.2. The number of aromatic nitrogens is 1. The first-order valence-corrected chi connectivity index (χ1v) is 6.51. The van der Waals surface area contributed by atoms with E-state index >= 15 is 0 Å². The molecular weight excluding hydrogens is 252 g/mol. The monoisotopic (exact) mass is 268 g/mol. The average Bonchev–Trinajstić information content (AvgIpc) is 2.66. The molecule has 1 aromatic heterocycles.